The van der Waals surface area contributed by atoms with Crippen molar-refractivity contribution in [2.45, 2.75) is 5.75 Å². The van der Waals surface area contributed by atoms with Gasteiger partial charge in [-0.15, -0.1) is 0 Å². The number of fused-ring (bicyclic) bond motifs is 1. The van der Waals surface area contributed by atoms with Gasteiger partial charge in [-0.2, -0.15) is 0 Å². The second-order valence-electron chi connectivity index (χ2n) is 3.95. The van der Waals surface area contributed by atoms with Gasteiger partial charge in [0.15, 0.2) is 5.43 Å². The zero-order chi connectivity index (χ0) is 12.6. The van der Waals surface area contributed by atoms with Crippen LogP contribution in [0.15, 0.2) is 29.2 Å². The van der Waals surface area contributed by atoms with Crippen molar-refractivity contribution in [3.05, 3.63) is 46.0 Å². The van der Waals surface area contributed by atoms with E-state index in [0.717, 1.165) is 0 Å². The molecule has 0 N–H and O–H groups in total. The topological polar surface area (TPSA) is 39.1 Å². The molecule has 0 bridgehead atoms. The number of hydrogen-bond donors (Lipinski definition) is 0. The predicted molar refractivity (Wildman–Crippen MR) is 66.9 cm³/mol. The quantitative estimate of drug-likeness (QED) is 0.814. The van der Waals surface area contributed by atoms with E-state index in [-0.39, 0.29) is 16.7 Å². The highest BCUT2D eigenvalue weighted by Crippen LogP contribution is 2.15. The van der Waals surface area contributed by atoms with Crippen LogP contribution < -0.4 is 5.43 Å². The van der Waals surface area contributed by atoms with Crippen molar-refractivity contribution in [3.63, 3.8) is 0 Å². The Hall–Kier alpha value is -1.49. The number of pyridine rings is 1. The fraction of sp³-hybridized carbons (Fsp3) is 0.250. The van der Waals surface area contributed by atoms with Crippen LogP contribution in [0.4, 0.5) is 4.39 Å². The molecule has 1 aromatic carbocycles. The summed E-state index contributed by atoms with van der Waals surface area (Å²) in [4.78, 5) is 12.1. The van der Waals surface area contributed by atoms with Crippen LogP contribution in [0, 0.1) is 5.82 Å². The van der Waals surface area contributed by atoms with Crippen molar-refractivity contribution in [1.29, 1.82) is 0 Å². The average molecular weight is 253 g/mol. The van der Waals surface area contributed by atoms with Gasteiger partial charge in [-0.1, -0.05) is 6.07 Å². The van der Waals surface area contributed by atoms with Crippen molar-refractivity contribution in [1.82, 2.24) is 4.57 Å². The summed E-state index contributed by atoms with van der Waals surface area (Å²) in [6.45, 7) is 0. The van der Waals surface area contributed by atoms with Gasteiger partial charge in [-0.3, -0.25) is 9.00 Å². The lowest BCUT2D eigenvalue weighted by molar-refractivity contribution is 0.630. The molecule has 1 unspecified atom stereocenters. The van der Waals surface area contributed by atoms with Gasteiger partial charge in [0.05, 0.1) is 11.3 Å². The molecule has 2 rings (SSSR count). The van der Waals surface area contributed by atoms with Gasteiger partial charge in [0.1, 0.15) is 5.82 Å². The van der Waals surface area contributed by atoms with Gasteiger partial charge in [-0.25, -0.2) is 4.39 Å². The van der Waals surface area contributed by atoms with E-state index in [2.05, 4.69) is 0 Å². The third kappa shape index (κ3) is 2.15. The summed E-state index contributed by atoms with van der Waals surface area (Å²) in [5.41, 5.74) is 0.488. The molecule has 0 amide bonds. The van der Waals surface area contributed by atoms with Crippen molar-refractivity contribution in [3.8, 4) is 0 Å². The minimum Gasteiger partial charge on any atom is -0.348 e. The Balaban J connectivity index is 2.81. The summed E-state index contributed by atoms with van der Waals surface area (Å²) in [5, 5.41) is 0.329. The molecule has 0 saturated heterocycles. The molecule has 0 fully saturated rings. The number of halogens is 1. The first kappa shape index (κ1) is 12.0. The van der Waals surface area contributed by atoms with Crippen molar-refractivity contribution in [2.75, 3.05) is 6.26 Å². The summed E-state index contributed by atoms with van der Waals surface area (Å²) in [7, 11) is 0.583. The minimum atomic E-state index is -1.09. The zero-order valence-corrected chi connectivity index (χ0v) is 10.4. The Morgan fingerprint density at radius 3 is 2.76 bits per heavy atom. The largest absolute Gasteiger partial charge is 0.348 e. The van der Waals surface area contributed by atoms with Gasteiger partial charge in [-0.05, 0) is 12.1 Å². The Morgan fingerprint density at radius 1 is 1.41 bits per heavy atom. The van der Waals surface area contributed by atoms with Gasteiger partial charge >= 0.3 is 0 Å². The molecule has 0 saturated carbocycles. The standard InChI is InChI=1S/C12H12FNO2S/c1-14-6-8(7-17(2)16)12(15)9-4-3-5-10(13)11(9)14/h3-6H,7H2,1-2H3. The molecule has 5 heteroatoms. The molecular weight excluding hydrogens is 241 g/mol. The molecule has 1 heterocycles. The highest BCUT2D eigenvalue weighted by Gasteiger charge is 2.11. The van der Waals surface area contributed by atoms with Gasteiger partial charge in [0.25, 0.3) is 0 Å². The second-order valence-corrected chi connectivity index (χ2v) is 5.38. The maximum absolute atomic E-state index is 13.6. The summed E-state index contributed by atoms with van der Waals surface area (Å²) in [6.07, 6.45) is 3.09. The van der Waals surface area contributed by atoms with Gasteiger partial charge < -0.3 is 4.57 Å². The number of aryl methyl sites for hydroxylation is 1. The Bertz CT molecular complexity index is 663. The van der Waals surface area contributed by atoms with E-state index in [4.69, 9.17) is 0 Å². The molecule has 0 aliphatic carbocycles. The van der Waals surface area contributed by atoms with Crippen LogP contribution in [0.2, 0.25) is 0 Å². The highest BCUT2D eigenvalue weighted by molar-refractivity contribution is 7.83. The molecule has 0 radical (unpaired) electrons. The molecule has 1 atom stereocenters. The molecule has 90 valence electrons. The van der Waals surface area contributed by atoms with E-state index in [1.165, 1.54) is 18.4 Å². The SMILES string of the molecule is Cn1cc(CS(C)=O)c(=O)c2cccc(F)c21. The van der Waals surface area contributed by atoms with E-state index >= 15 is 0 Å². The number of para-hydroxylation sites is 1. The van der Waals surface area contributed by atoms with Crippen LogP contribution in [-0.2, 0) is 23.6 Å². The zero-order valence-electron chi connectivity index (χ0n) is 9.57. The normalized spacial score (nSPS) is 12.9. The third-order valence-electron chi connectivity index (χ3n) is 2.58. The van der Waals surface area contributed by atoms with Crippen molar-refractivity contribution >= 4 is 21.7 Å². The molecule has 2 aromatic rings. The minimum absolute atomic E-state index is 0.194. The predicted octanol–water partition coefficient (Wildman–Crippen LogP) is 1.56. The maximum Gasteiger partial charge on any atom is 0.193 e. The molecule has 0 aliphatic rings. The molecule has 1 aromatic heterocycles. The average Bonchev–Trinajstić information content (AvgIpc) is 2.24. The maximum atomic E-state index is 13.6. The van der Waals surface area contributed by atoms with Crippen molar-refractivity contribution in [2.24, 2.45) is 7.05 Å². The third-order valence-corrected chi connectivity index (χ3v) is 3.30. The molecule has 17 heavy (non-hydrogen) atoms. The first-order valence-electron chi connectivity index (χ1n) is 5.07. The highest BCUT2D eigenvalue weighted by atomic mass is 32.2. The Kier molecular flexibility index (Phi) is 3.11. The van der Waals surface area contributed by atoms with Crippen LogP contribution >= 0.6 is 0 Å². The van der Waals surface area contributed by atoms with Gasteiger partial charge in [0, 0.05) is 41.2 Å². The number of nitrogens with zero attached hydrogens (tertiary/aromatic N) is 1. The fourth-order valence-electron chi connectivity index (χ4n) is 1.91. The lowest BCUT2D eigenvalue weighted by Crippen LogP contribution is -2.15. The van der Waals surface area contributed by atoms with E-state index in [9.17, 15) is 13.4 Å². The van der Waals surface area contributed by atoms with E-state index in [0.29, 0.717) is 10.9 Å². The number of hydrogen-bond acceptors (Lipinski definition) is 2. The van der Waals surface area contributed by atoms with Crippen LogP contribution in [-0.4, -0.2) is 15.0 Å². The van der Waals surface area contributed by atoms with Crippen LogP contribution in [0.3, 0.4) is 0 Å². The lowest BCUT2D eigenvalue weighted by Gasteiger charge is -2.08. The van der Waals surface area contributed by atoms with E-state index in [1.54, 1.807) is 23.9 Å². The summed E-state index contributed by atoms with van der Waals surface area (Å²) in [6, 6.07) is 4.41. The second kappa shape index (κ2) is 4.41. The molecule has 3 nitrogen and oxygen atoms in total. The number of rotatable bonds is 2. The van der Waals surface area contributed by atoms with Crippen LogP contribution in [0.1, 0.15) is 5.56 Å². The molecule has 0 aliphatic heterocycles. The van der Waals surface area contributed by atoms with Crippen LogP contribution in [0.25, 0.3) is 10.9 Å². The number of benzene rings is 1. The van der Waals surface area contributed by atoms with Crippen molar-refractivity contribution < 1.29 is 8.60 Å². The summed E-state index contributed by atoms with van der Waals surface area (Å²) >= 11 is 0. The Morgan fingerprint density at radius 2 is 2.12 bits per heavy atom. The number of aromatic nitrogens is 1. The first-order chi connectivity index (χ1) is 8.00. The first-order valence-corrected chi connectivity index (χ1v) is 6.80. The molecular formula is C12H12FNO2S. The smallest absolute Gasteiger partial charge is 0.193 e. The summed E-state index contributed by atoms with van der Waals surface area (Å²) < 4.78 is 26.3. The van der Waals surface area contributed by atoms with E-state index in [1.807, 2.05) is 0 Å². The van der Waals surface area contributed by atoms with Crippen LogP contribution in [0.5, 0.6) is 0 Å². The monoisotopic (exact) mass is 253 g/mol. The lowest BCUT2D eigenvalue weighted by atomic mass is 10.1. The fourth-order valence-corrected chi connectivity index (χ4v) is 2.55. The molecule has 0 spiro atoms. The van der Waals surface area contributed by atoms with Gasteiger partial charge in [0.2, 0.25) is 0 Å². The Labute approximate surface area is 100 Å². The summed E-state index contributed by atoms with van der Waals surface area (Å²) in [5.74, 6) is -0.231. The van der Waals surface area contributed by atoms with E-state index < -0.39 is 16.6 Å².